The second-order valence-electron chi connectivity index (χ2n) is 3.76. The molecule has 2 nitrogen and oxygen atoms in total. The van der Waals surface area contributed by atoms with Crippen LogP contribution in [0.3, 0.4) is 0 Å². The summed E-state index contributed by atoms with van der Waals surface area (Å²) in [7, 11) is 0. The molecule has 0 saturated carbocycles. The van der Waals surface area contributed by atoms with Crippen LogP contribution in [-0.4, -0.2) is 11.4 Å². The average Bonchev–Trinajstić information content (AvgIpc) is 2.30. The van der Waals surface area contributed by atoms with Gasteiger partial charge in [-0.3, -0.25) is 4.79 Å². The van der Waals surface area contributed by atoms with Gasteiger partial charge >= 0.3 is 0 Å². The van der Waals surface area contributed by atoms with Crippen LogP contribution in [-0.2, 0) is 5.60 Å². The van der Waals surface area contributed by atoms with E-state index in [0.29, 0.717) is 18.4 Å². The van der Waals surface area contributed by atoms with Crippen molar-refractivity contribution in [2.45, 2.75) is 18.4 Å². The highest BCUT2D eigenvalue weighted by Crippen LogP contribution is 2.29. The van der Waals surface area contributed by atoms with E-state index < -0.39 is 5.60 Å². The molecule has 0 aliphatic carbocycles. The molecule has 0 radical (unpaired) electrons. The standard InChI is InChI=1S/C14H16O2/c1-3-9-14(16,10-4-2)13-7-5-12(11-15)6-8-13/h3-8,11,16H,1-2,9-10H2. The van der Waals surface area contributed by atoms with Gasteiger partial charge in [0.2, 0.25) is 0 Å². The van der Waals surface area contributed by atoms with Crippen LogP contribution >= 0.6 is 0 Å². The Kier molecular flexibility index (Phi) is 4.20. The van der Waals surface area contributed by atoms with E-state index in [2.05, 4.69) is 13.2 Å². The number of carbonyl (C=O) groups excluding carboxylic acids is 1. The number of carbonyl (C=O) groups is 1. The predicted octanol–water partition coefficient (Wildman–Crippen LogP) is 2.84. The Morgan fingerprint density at radius 1 is 1.12 bits per heavy atom. The van der Waals surface area contributed by atoms with Crippen LogP contribution in [0.5, 0.6) is 0 Å². The highest BCUT2D eigenvalue weighted by molar-refractivity contribution is 5.74. The first-order valence-corrected chi connectivity index (χ1v) is 5.16. The predicted molar refractivity (Wildman–Crippen MR) is 65.4 cm³/mol. The van der Waals surface area contributed by atoms with Crippen LogP contribution in [0.1, 0.15) is 28.8 Å². The van der Waals surface area contributed by atoms with Gasteiger partial charge in [-0.25, -0.2) is 0 Å². The van der Waals surface area contributed by atoms with Crippen molar-refractivity contribution in [1.82, 2.24) is 0 Å². The Morgan fingerprint density at radius 3 is 2.00 bits per heavy atom. The summed E-state index contributed by atoms with van der Waals surface area (Å²) in [6, 6.07) is 6.91. The molecule has 0 atom stereocenters. The molecule has 2 heteroatoms. The number of rotatable bonds is 6. The Morgan fingerprint density at radius 2 is 1.62 bits per heavy atom. The molecule has 16 heavy (non-hydrogen) atoms. The van der Waals surface area contributed by atoms with Crippen molar-refractivity contribution in [3.8, 4) is 0 Å². The normalized spacial score (nSPS) is 10.8. The van der Waals surface area contributed by atoms with E-state index in [1.165, 1.54) is 0 Å². The van der Waals surface area contributed by atoms with Gasteiger partial charge in [-0.15, -0.1) is 13.2 Å². The van der Waals surface area contributed by atoms with Crippen molar-refractivity contribution in [2.75, 3.05) is 0 Å². The Balaban J connectivity index is 3.04. The largest absolute Gasteiger partial charge is 0.385 e. The molecule has 0 heterocycles. The molecular weight excluding hydrogens is 200 g/mol. The van der Waals surface area contributed by atoms with Gasteiger partial charge in [0.05, 0.1) is 5.60 Å². The first-order chi connectivity index (χ1) is 7.66. The van der Waals surface area contributed by atoms with Crippen LogP contribution in [0.25, 0.3) is 0 Å². The van der Waals surface area contributed by atoms with Gasteiger partial charge in [0.25, 0.3) is 0 Å². The summed E-state index contributed by atoms with van der Waals surface area (Å²) in [5.74, 6) is 0. The maximum atomic E-state index is 10.5. The van der Waals surface area contributed by atoms with Crippen molar-refractivity contribution in [3.63, 3.8) is 0 Å². The Bertz CT molecular complexity index is 366. The molecule has 0 aromatic heterocycles. The summed E-state index contributed by atoms with van der Waals surface area (Å²) in [4.78, 5) is 10.5. The van der Waals surface area contributed by atoms with Crippen LogP contribution in [0.15, 0.2) is 49.6 Å². The van der Waals surface area contributed by atoms with E-state index in [0.717, 1.165) is 11.8 Å². The van der Waals surface area contributed by atoms with Gasteiger partial charge < -0.3 is 5.11 Å². The summed E-state index contributed by atoms with van der Waals surface area (Å²) in [5, 5.41) is 10.4. The third-order valence-corrected chi connectivity index (χ3v) is 2.55. The van der Waals surface area contributed by atoms with Crippen molar-refractivity contribution < 1.29 is 9.90 Å². The molecule has 0 spiro atoms. The number of benzene rings is 1. The summed E-state index contributed by atoms with van der Waals surface area (Å²) in [6.07, 6.45) is 5.05. The topological polar surface area (TPSA) is 37.3 Å². The SMILES string of the molecule is C=CCC(O)(CC=C)c1ccc(C=O)cc1. The maximum Gasteiger partial charge on any atom is 0.150 e. The molecule has 0 aliphatic heterocycles. The molecule has 0 bridgehead atoms. The minimum atomic E-state index is -0.967. The van der Waals surface area contributed by atoms with Crippen molar-refractivity contribution >= 4 is 6.29 Å². The second-order valence-corrected chi connectivity index (χ2v) is 3.76. The van der Waals surface area contributed by atoms with Gasteiger partial charge in [-0.05, 0) is 18.4 Å². The number of aldehydes is 1. The molecule has 0 aliphatic rings. The zero-order chi connectivity index (χ0) is 12.0. The summed E-state index contributed by atoms with van der Waals surface area (Å²) in [5.41, 5.74) is 0.409. The van der Waals surface area contributed by atoms with E-state index in [9.17, 15) is 9.90 Å². The zero-order valence-corrected chi connectivity index (χ0v) is 9.23. The molecule has 1 aromatic rings. The molecule has 0 saturated heterocycles. The highest BCUT2D eigenvalue weighted by atomic mass is 16.3. The van der Waals surface area contributed by atoms with Gasteiger partial charge in [0.15, 0.2) is 0 Å². The Hall–Kier alpha value is -1.67. The summed E-state index contributed by atoms with van der Waals surface area (Å²) >= 11 is 0. The lowest BCUT2D eigenvalue weighted by Gasteiger charge is -2.26. The van der Waals surface area contributed by atoms with Crippen molar-refractivity contribution in [3.05, 3.63) is 60.7 Å². The van der Waals surface area contributed by atoms with E-state index in [4.69, 9.17) is 0 Å². The summed E-state index contributed by atoms with van der Waals surface area (Å²) < 4.78 is 0. The van der Waals surface area contributed by atoms with Crippen molar-refractivity contribution in [2.24, 2.45) is 0 Å². The number of aliphatic hydroxyl groups is 1. The third-order valence-electron chi connectivity index (χ3n) is 2.55. The Labute approximate surface area is 95.9 Å². The smallest absolute Gasteiger partial charge is 0.150 e. The lowest BCUT2D eigenvalue weighted by molar-refractivity contribution is 0.0429. The minimum absolute atomic E-state index is 0.458. The molecule has 0 fully saturated rings. The lowest BCUT2D eigenvalue weighted by atomic mass is 9.87. The van der Waals surface area contributed by atoms with Crippen LogP contribution in [0.2, 0.25) is 0 Å². The molecular formula is C14H16O2. The lowest BCUT2D eigenvalue weighted by Crippen LogP contribution is -2.24. The monoisotopic (exact) mass is 216 g/mol. The third kappa shape index (κ3) is 2.67. The van der Waals surface area contributed by atoms with Crippen LogP contribution in [0, 0.1) is 0 Å². The van der Waals surface area contributed by atoms with E-state index in [-0.39, 0.29) is 0 Å². The minimum Gasteiger partial charge on any atom is -0.385 e. The van der Waals surface area contributed by atoms with Gasteiger partial charge in [-0.2, -0.15) is 0 Å². The average molecular weight is 216 g/mol. The van der Waals surface area contributed by atoms with E-state index >= 15 is 0 Å². The molecule has 1 N–H and O–H groups in total. The second kappa shape index (κ2) is 5.42. The number of hydrogen-bond acceptors (Lipinski definition) is 2. The fourth-order valence-corrected chi connectivity index (χ4v) is 1.67. The summed E-state index contributed by atoms with van der Waals surface area (Å²) in [6.45, 7) is 7.27. The molecule has 0 unspecified atom stereocenters. The first kappa shape index (κ1) is 12.4. The maximum absolute atomic E-state index is 10.5. The van der Waals surface area contributed by atoms with E-state index in [1.54, 1.807) is 36.4 Å². The fraction of sp³-hybridized carbons (Fsp3) is 0.214. The molecule has 0 amide bonds. The first-order valence-electron chi connectivity index (χ1n) is 5.16. The van der Waals surface area contributed by atoms with E-state index in [1.807, 2.05) is 0 Å². The molecule has 1 aromatic carbocycles. The van der Waals surface area contributed by atoms with Crippen LogP contribution < -0.4 is 0 Å². The van der Waals surface area contributed by atoms with Crippen LogP contribution in [0.4, 0.5) is 0 Å². The van der Waals surface area contributed by atoms with Gasteiger partial charge in [0.1, 0.15) is 6.29 Å². The zero-order valence-electron chi connectivity index (χ0n) is 9.23. The number of hydrogen-bond donors (Lipinski definition) is 1. The quantitative estimate of drug-likeness (QED) is 0.586. The fourth-order valence-electron chi connectivity index (χ4n) is 1.67. The van der Waals surface area contributed by atoms with Crippen molar-refractivity contribution in [1.29, 1.82) is 0 Å². The molecule has 84 valence electrons. The molecule has 1 rings (SSSR count). The van der Waals surface area contributed by atoms with Gasteiger partial charge in [0, 0.05) is 5.56 Å². The van der Waals surface area contributed by atoms with Gasteiger partial charge in [-0.1, -0.05) is 36.4 Å². The highest BCUT2D eigenvalue weighted by Gasteiger charge is 2.25.